The summed E-state index contributed by atoms with van der Waals surface area (Å²) in [6.45, 7) is 1.47. The van der Waals surface area contributed by atoms with Gasteiger partial charge in [0.05, 0.1) is 6.54 Å². The van der Waals surface area contributed by atoms with Crippen molar-refractivity contribution in [1.82, 2.24) is 9.80 Å². The fraction of sp³-hybridized carbons (Fsp3) is 0.818. The molecule has 1 heterocycles. The first-order chi connectivity index (χ1) is 8.06. The molecule has 0 aromatic carbocycles. The molecule has 0 radical (unpaired) electrons. The van der Waals surface area contributed by atoms with Gasteiger partial charge in [0.2, 0.25) is 11.8 Å². The molecule has 1 fully saturated rings. The lowest BCUT2D eigenvalue weighted by Gasteiger charge is -2.32. The Morgan fingerprint density at radius 2 is 1.82 bits per heavy atom. The Morgan fingerprint density at radius 3 is 2.35 bits per heavy atom. The molecule has 0 aliphatic carbocycles. The number of likely N-dealkylation sites (N-methyl/N-ethyl adjacent to an activating group) is 2. The Bertz CT molecular complexity index is 280. The number of carbonyl (C=O) groups is 2. The maximum atomic E-state index is 11.9. The molecule has 1 rings (SSSR count). The molecule has 0 unspecified atom stereocenters. The van der Waals surface area contributed by atoms with Gasteiger partial charge in [0, 0.05) is 33.4 Å². The first-order valence-corrected chi connectivity index (χ1v) is 6.23. The van der Waals surface area contributed by atoms with Crippen LogP contribution in [0.15, 0.2) is 0 Å². The Balaban J connectivity index is 2.43. The van der Waals surface area contributed by atoms with Crippen molar-refractivity contribution in [2.75, 3.05) is 39.7 Å². The van der Waals surface area contributed by atoms with Gasteiger partial charge in [-0.25, -0.2) is 0 Å². The standard InChI is InChI=1S/C11H19ClN2O3/c1-13(10(15)7-12)8-11(16)14(2)9-3-5-17-6-4-9/h9H,3-8H2,1-2H3. The number of carbonyl (C=O) groups excluding carboxylic acids is 2. The summed E-state index contributed by atoms with van der Waals surface area (Å²) in [6, 6.07) is 0.218. The van der Waals surface area contributed by atoms with Crippen LogP contribution in [0.25, 0.3) is 0 Å². The van der Waals surface area contributed by atoms with E-state index >= 15 is 0 Å². The van der Waals surface area contributed by atoms with Gasteiger partial charge in [-0.2, -0.15) is 0 Å². The smallest absolute Gasteiger partial charge is 0.242 e. The Morgan fingerprint density at radius 1 is 1.24 bits per heavy atom. The molecule has 6 heteroatoms. The van der Waals surface area contributed by atoms with Crippen molar-refractivity contribution < 1.29 is 14.3 Å². The predicted molar refractivity (Wildman–Crippen MR) is 65.0 cm³/mol. The van der Waals surface area contributed by atoms with E-state index in [1.165, 1.54) is 4.90 Å². The van der Waals surface area contributed by atoms with Gasteiger partial charge >= 0.3 is 0 Å². The minimum Gasteiger partial charge on any atom is -0.381 e. The summed E-state index contributed by atoms with van der Waals surface area (Å²) in [5, 5.41) is 0. The normalized spacial score (nSPS) is 16.6. The van der Waals surface area contributed by atoms with Crippen LogP contribution < -0.4 is 0 Å². The van der Waals surface area contributed by atoms with Gasteiger partial charge < -0.3 is 14.5 Å². The van der Waals surface area contributed by atoms with Crippen LogP contribution in [0, 0.1) is 0 Å². The Kier molecular flexibility index (Phi) is 5.71. The third-order valence-electron chi connectivity index (χ3n) is 3.04. The lowest BCUT2D eigenvalue weighted by Crippen LogP contribution is -2.46. The Labute approximate surface area is 107 Å². The van der Waals surface area contributed by atoms with Crippen molar-refractivity contribution in [3.8, 4) is 0 Å². The van der Waals surface area contributed by atoms with Crippen LogP contribution in [0.1, 0.15) is 12.8 Å². The monoisotopic (exact) mass is 262 g/mol. The van der Waals surface area contributed by atoms with Gasteiger partial charge in [-0.15, -0.1) is 11.6 Å². The highest BCUT2D eigenvalue weighted by Gasteiger charge is 2.23. The molecular formula is C11H19ClN2O3. The van der Waals surface area contributed by atoms with E-state index in [0.717, 1.165) is 12.8 Å². The molecule has 0 aromatic heterocycles. The van der Waals surface area contributed by atoms with E-state index in [-0.39, 0.29) is 30.3 Å². The minimum absolute atomic E-state index is 0.0575. The SMILES string of the molecule is CN(CC(=O)N(C)C1CCOCC1)C(=O)CCl. The molecule has 0 atom stereocenters. The third-order valence-corrected chi connectivity index (χ3v) is 3.27. The third kappa shape index (κ3) is 4.16. The summed E-state index contributed by atoms with van der Waals surface area (Å²) in [5.74, 6) is -0.386. The van der Waals surface area contributed by atoms with Gasteiger partial charge in [-0.05, 0) is 12.8 Å². The van der Waals surface area contributed by atoms with Gasteiger partial charge in [0.25, 0.3) is 0 Å². The van der Waals surface area contributed by atoms with Gasteiger partial charge in [0.1, 0.15) is 5.88 Å². The molecular weight excluding hydrogens is 244 g/mol. The van der Waals surface area contributed by atoms with Crippen LogP contribution in [0.3, 0.4) is 0 Å². The van der Waals surface area contributed by atoms with Gasteiger partial charge in [-0.1, -0.05) is 0 Å². The predicted octanol–water partition coefficient (Wildman–Crippen LogP) is 0.321. The number of hydrogen-bond donors (Lipinski definition) is 0. The second-order valence-electron chi connectivity index (χ2n) is 4.23. The fourth-order valence-electron chi connectivity index (χ4n) is 1.78. The highest BCUT2D eigenvalue weighted by Crippen LogP contribution is 2.13. The fourth-order valence-corrected chi connectivity index (χ4v) is 1.98. The van der Waals surface area contributed by atoms with E-state index in [1.54, 1.807) is 19.0 Å². The molecule has 1 saturated heterocycles. The maximum Gasteiger partial charge on any atom is 0.242 e. The molecule has 0 N–H and O–H groups in total. The second kappa shape index (κ2) is 6.81. The first-order valence-electron chi connectivity index (χ1n) is 5.69. The number of alkyl halides is 1. The number of hydrogen-bond acceptors (Lipinski definition) is 3. The number of halogens is 1. The summed E-state index contributed by atoms with van der Waals surface area (Å²) in [4.78, 5) is 26.2. The van der Waals surface area contributed by atoms with Crippen molar-refractivity contribution in [2.24, 2.45) is 0 Å². The van der Waals surface area contributed by atoms with Crippen LogP contribution in [-0.4, -0.2) is 67.4 Å². The largest absolute Gasteiger partial charge is 0.381 e. The van der Waals surface area contributed by atoms with Crippen LogP contribution in [0.2, 0.25) is 0 Å². The maximum absolute atomic E-state index is 11.9. The zero-order valence-corrected chi connectivity index (χ0v) is 11.1. The quantitative estimate of drug-likeness (QED) is 0.686. The molecule has 5 nitrogen and oxygen atoms in total. The lowest BCUT2D eigenvalue weighted by atomic mass is 10.1. The lowest BCUT2D eigenvalue weighted by molar-refractivity contribution is -0.139. The summed E-state index contributed by atoms with van der Waals surface area (Å²) in [6.07, 6.45) is 1.71. The van der Waals surface area contributed by atoms with Crippen LogP contribution in [-0.2, 0) is 14.3 Å². The highest BCUT2D eigenvalue weighted by atomic mass is 35.5. The average molecular weight is 263 g/mol. The van der Waals surface area contributed by atoms with Crippen molar-refractivity contribution >= 4 is 23.4 Å². The highest BCUT2D eigenvalue weighted by molar-refractivity contribution is 6.27. The van der Waals surface area contributed by atoms with Gasteiger partial charge in [-0.3, -0.25) is 9.59 Å². The molecule has 2 amide bonds. The number of ether oxygens (including phenoxy) is 1. The topological polar surface area (TPSA) is 49.9 Å². The average Bonchev–Trinajstić information content (AvgIpc) is 2.37. The number of nitrogens with zero attached hydrogens (tertiary/aromatic N) is 2. The van der Waals surface area contributed by atoms with Crippen LogP contribution in [0.4, 0.5) is 0 Å². The van der Waals surface area contributed by atoms with E-state index in [2.05, 4.69) is 0 Å². The molecule has 17 heavy (non-hydrogen) atoms. The number of amides is 2. The summed E-state index contributed by atoms with van der Waals surface area (Å²) < 4.78 is 5.25. The molecule has 1 aliphatic rings. The molecule has 0 aromatic rings. The zero-order valence-electron chi connectivity index (χ0n) is 10.3. The van der Waals surface area contributed by atoms with Crippen molar-refractivity contribution in [2.45, 2.75) is 18.9 Å². The molecule has 0 spiro atoms. The van der Waals surface area contributed by atoms with Crippen molar-refractivity contribution in [3.63, 3.8) is 0 Å². The van der Waals surface area contributed by atoms with E-state index < -0.39 is 0 Å². The van der Waals surface area contributed by atoms with Crippen molar-refractivity contribution in [1.29, 1.82) is 0 Å². The molecule has 98 valence electrons. The summed E-state index contributed by atoms with van der Waals surface area (Å²) >= 11 is 5.43. The van der Waals surface area contributed by atoms with Gasteiger partial charge in [0.15, 0.2) is 0 Å². The molecule has 0 saturated carbocycles. The van der Waals surface area contributed by atoms with Crippen molar-refractivity contribution in [3.05, 3.63) is 0 Å². The van der Waals surface area contributed by atoms with E-state index in [1.807, 2.05) is 0 Å². The first kappa shape index (κ1) is 14.3. The van der Waals surface area contributed by atoms with E-state index in [4.69, 9.17) is 16.3 Å². The van der Waals surface area contributed by atoms with E-state index in [9.17, 15) is 9.59 Å². The van der Waals surface area contributed by atoms with E-state index in [0.29, 0.717) is 13.2 Å². The van der Waals surface area contributed by atoms with Crippen LogP contribution >= 0.6 is 11.6 Å². The summed E-state index contributed by atoms with van der Waals surface area (Å²) in [7, 11) is 3.36. The Hall–Kier alpha value is -0.810. The minimum atomic E-state index is -0.236. The molecule has 0 bridgehead atoms. The van der Waals surface area contributed by atoms with Crippen LogP contribution in [0.5, 0.6) is 0 Å². The zero-order chi connectivity index (χ0) is 12.8. The second-order valence-corrected chi connectivity index (χ2v) is 4.50. The molecule has 1 aliphatic heterocycles. The number of rotatable bonds is 4. The summed E-state index contributed by atoms with van der Waals surface area (Å²) in [5.41, 5.74) is 0.